The van der Waals surface area contributed by atoms with Gasteiger partial charge >= 0.3 is 0 Å². The van der Waals surface area contributed by atoms with Gasteiger partial charge in [0.25, 0.3) is 10.0 Å². The van der Waals surface area contributed by atoms with Crippen molar-refractivity contribution < 1.29 is 8.42 Å². The Balaban J connectivity index is 2.41. The van der Waals surface area contributed by atoms with Gasteiger partial charge in [-0.15, -0.1) is 0 Å². The largest absolute Gasteiger partial charge is 0.369 e. The van der Waals surface area contributed by atoms with Crippen LogP contribution in [0.5, 0.6) is 0 Å². The van der Waals surface area contributed by atoms with Gasteiger partial charge in [0, 0.05) is 29.6 Å². The smallest absolute Gasteiger partial charge is 0.265 e. The summed E-state index contributed by atoms with van der Waals surface area (Å²) >= 11 is 3.23. The molecule has 2 aromatic heterocycles. The molecule has 0 saturated carbocycles. The maximum Gasteiger partial charge on any atom is 0.265 e. The summed E-state index contributed by atoms with van der Waals surface area (Å²) in [4.78, 5) is 8.02. The number of anilines is 2. The fourth-order valence-corrected chi connectivity index (χ4v) is 3.26. The van der Waals surface area contributed by atoms with Crippen LogP contribution in [0.3, 0.4) is 0 Å². The van der Waals surface area contributed by atoms with Crippen molar-refractivity contribution in [3.05, 3.63) is 41.3 Å². The molecule has 0 aliphatic heterocycles. The number of pyridine rings is 2. The van der Waals surface area contributed by atoms with Gasteiger partial charge in [0.2, 0.25) is 0 Å². The first-order valence-electron chi connectivity index (χ1n) is 5.85. The minimum atomic E-state index is -3.72. The van der Waals surface area contributed by atoms with E-state index in [1.165, 1.54) is 18.5 Å². The molecule has 0 saturated heterocycles. The first-order valence-corrected chi connectivity index (χ1v) is 8.13. The van der Waals surface area contributed by atoms with E-state index in [1.54, 1.807) is 18.3 Å². The van der Waals surface area contributed by atoms with Crippen LogP contribution in [0.1, 0.15) is 6.92 Å². The monoisotopic (exact) mass is 356 g/mol. The Morgan fingerprint density at radius 2 is 2.00 bits per heavy atom. The van der Waals surface area contributed by atoms with E-state index in [4.69, 9.17) is 0 Å². The molecule has 2 heterocycles. The lowest BCUT2D eigenvalue weighted by molar-refractivity contribution is 0.601. The van der Waals surface area contributed by atoms with Crippen molar-refractivity contribution in [2.24, 2.45) is 0 Å². The molecule has 0 amide bonds. The van der Waals surface area contributed by atoms with Gasteiger partial charge in [0.1, 0.15) is 10.7 Å². The van der Waals surface area contributed by atoms with Crippen molar-refractivity contribution in [3.8, 4) is 0 Å². The third kappa shape index (κ3) is 3.45. The number of hydrogen-bond acceptors (Lipinski definition) is 5. The summed E-state index contributed by atoms with van der Waals surface area (Å²) in [6.07, 6.45) is 4.58. The summed E-state index contributed by atoms with van der Waals surface area (Å²) in [6.45, 7) is 2.45. The quantitative estimate of drug-likeness (QED) is 0.859. The summed E-state index contributed by atoms with van der Waals surface area (Å²) in [5.41, 5.74) is 0.447. The lowest BCUT2D eigenvalue weighted by Crippen LogP contribution is -2.16. The third-order valence-electron chi connectivity index (χ3n) is 2.39. The molecule has 0 bridgehead atoms. The van der Waals surface area contributed by atoms with Gasteiger partial charge in [0.05, 0.1) is 5.69 Å². The van der Waals surface area contributed by atoms with Crippen molar-refractivity contribution in [3.63, 3.8) is 0 Å². The van der Waals surface area contributed by atoms with Crippen LogP contribution in [-0.2, 0) is 10.0 Å². The number of halogens is 1. The SMILES string of the molecule is CCNc1ncc(Br)cc1S(=O)(=O)Nc1ccncc1. The van der Waals surface area contributed by atoms with E-state index in [-0.39, 0.29) is 4.90 Å². The van der Waals surface area contributed by atoms with Gasteiger partial charge in [-0.3, -0.25) is 9.71 Å². The zero-order valence-electron chi connectivity index (χ0n) is 10.7. The molecule has 0 spiro atoms. The number of nitrogens with zero attached hydrogens (tertiary/aromatic N) is 2. The minimum Gasteiger partial charge on any atom is -0.369 e. The summed E-state index contributed by atoms with van der Waals surface area (Å²) < 4.78 is 27.9. The Morgan fingerprint density at radius 3 is 2.65 bits per heavy atom. The summed E-state index contributed by atoms with van der Waals surface area (Å²) in [5.74, 6) is 0.317. The molecule has 2 N–H and O–H groups in total. The first-order chi connectivity index (χ1) is 9.53. The van der Waals surface area contributed by atoms with Gasteiger partial charge in [-0.25, -0.2) is 13.4 Å². The molecule has 2 rings (SSSR count). The summed E-state index contributed by atoms with van der Waals surface area (Å²) in [7, 11) is -3.72. The molecular formula is C12H13BrN4O2S. The average molecular weight is 357 g/mol. The molecule has 2 aromatic rings. The average Bonchev–Trinajstić information content (AvgIpc) is 2.41. The Bertz CT molecular complexity index is 692. The molecule has 106 valence electrons. The Hall–Kier alpha value is -1.67. The van der Waals surface area contributed by atoms with E-state index in [2.05, 4.69) is 35.9 Å². The number of sulfonamides is 1. The van der Waals surface area contributed by atoms with Crippen molar-refractivity contribution in [1.82, 2.24) is 9.97 Å². The molecule has 0 atom stereocenters. The van der Waals surface area contributed by atoms with Gasteiger partial charge in [0.15, 0.2) is 0 Å². The van der Waals surface area contributed by atoms with Crippen molar-refractivity contribution in [2.45, 2.75) is 11.8 Å². The lowest BCUT2D eigenvalue weighted by Gasteiger charge is -2.12. The van der Waals surface area contributed by atoms with Crippen LogP contribution in [0.15, 0.2) is 46.2 Å². The summed E-state index contributed by atoms with van der Waals surface area (Å²) in [6, 6.07) is 4.67. The number of aromatic nitrogens is 2. The van der Waals surface area contributed by atoms with Crippen molar-refractivity contribution >= 4 is 37.5 Å². The first kappa shape index (κ1) is 14.7. The van der Waals surface area contributed by atoms with Crippen LogP contribution in [0, 0.1) is 0 Å². The maximum atomic E-state index is 12.4. The molecule has 8 heteroatoms. The van der Waals surface area contributed by atoms with Crippen molar-refractivity contribution in [1.29, 1.82) is 0 Å². The van der Waals surface area contributed by atoms with Crippen LogP contribution in [0.25, 0.3) is 0 Å². The molecule has 20 heavy (non-hydrogen) atoms. The predicted molar refractivity (Wildman–Crippen MR) is 81.1 cm³/mol. The van der Waals surface area contributed by atoms with Gasteiger partial charge in [-0.05, 0) is 41.1 Å². The van der Waals surface area contributed by atoms with Crippen LogP contribution in [0.2, 0.25) is 0 Å². The standard InChI is InChI=1S/C12H13BrN4O2S/c1-2-15-12-11(7-9(13)8-16-12)20(18,19)17-10-3-5-14-6-4-10/h3-8H,2H2,1H3,(H,14,17)(H,15,16). The van der Waals surface area contributed by atoms with E-state index >= 15 is 0 Å². The normalized spacial score (nSPS) is 11.1. The van der Waals surface area contributed by atoms with Gasteiger partial charge in [-0.2, -0.15) is 0 Å². The highest BCUT2D eigenvalue weighted by atomic mass is 79.9. The van der Waals surface area contributed by atoms with E-state index < -0.39 is 10.0 Å². The second-order valence-corrected chi connectivity index (χ2v) is 6.44. The molecular weight excluding hydrogens is 344 g/mol. The van der Waals surface area contributed by atoms with E-state index in [0.29, 0.717) is 22.5 Å². The zero-order chi connectivity index (χ0) is 14.6. The molecule has 0 aliphatic carbocycles. The molecule has 0 aliphatic rings. The number of nitrogens with one attached hydrogen (secondary N) is 2. The van der Waals surface area contributed by atoms with Crippen LogP contribution < -0.4 is 10.0 Å². The Morgan fingerprint density at radius 1 is 1.30 bits per heavy atom. The fraction of sp³-hybridized carbons (Fsp3) is 0.167. The Labute approximate surface area is 125 Å². The molecule has 0 radical (unpaired) electrons. The van der Waals surface area contributed by atoms with Gasteiger partial charge in [-0.1, -0.05) is 0 Å². The summed E-state index contributed by atoms with van der Waals surface area (Å²) in [5, 5.41) is 2.93. The van der Waals surface area contributed by atoms with Crippen LogP contribution in [0.4, 0.5) is 11.5 Å². The third-order valence-corrected chi connectivity index (χ3v) is 4.21. The second-order valence-electron chi connectivity index (χ2n) is 3.87. The maximum absolute atomic E-state index is 12.4. The lowest BCUT2D eigenvalue weighted by atomic mass is 10.4. The van der Waals surface area contributed by atoms with E-state index in [0.717, 1.165) is 0 Å². The van der Waals surface area contributed by atoms with E-state index in [1.807, 2.05) is 6.92 Å². The zero-order valence-corrected chi connectivity index (χ0v) is 13.1. The fourth-order valence-electron chi connectivity index (χ4n) is 1.56. The predicted octanol–water partition coefficient (Wildman–Crippen LogP) is 2.47. The van der Waals surface area contributed by atoms with E-state index in [9.17, 15) is 8.42 Å². The molecule has 0 aromatic carbocycles. The van der Waals surface area contributed by atoms with Crippen molar-refractivity contribution in [2.75, 3.05) is 16.6 Å². The second kappa shape index (κ2) is 6.19. The highest BCUT2D eigenvalue weighted by Gasteiger charge is 2.20. The highest BCUT2D eigenvalue weighted by molar-refractivity contribution is 9.10. The Kier molecular flexibility index (Phi) is 4.56. The molecule has 0 unspecified atom stereocenters. The van der Waals surface area contributed by atoms with Crippen LogP contribution in [-0.4, -0.2) is 24.9 Å². The van der Waals surface area contributed by atoms with Gasteiger partial charge < -0.3 is 5.32 Å². The minimum absolute atomic E-state index is 0.0885. The molecule has 6 nitrogen and oxygen atoms in total. The van der Waals surface area contributed by atoms with Crippen LogP contribution >= 0.6 is 15.9 Å². The topological polar surface area (TPSA) is 84.0 Å². The highest BCUT2D eigenvalue weighted by Crippen LogP contribution is 2.24. The molecule has 0 fully saturated rings. The number of rotatable bonds is 5. The number of hydrogen-bond donors (Lipinski definition) is 2.